The van der Waals surface area contributed by atoms with Crippen LogP contribution in [0.2, 0.25) is 0 Å². The van der Waals surface area contributed by atoms with Crippen molar-refractivity contribution in [1.82, 2.24) is 20.0 Å². The van der Waals surface area contributed by atoms with Crippen LogP contribution in [0.3, 0.4) is 0 Å². The number of aliphatic hydroxyl groups is 1. The molecule has 3 unspecified atom stereocenters. The number of hydrogen-bond acceptors (Lipinski definition) is 12. The predicted molar refractivity (Wildman–Crippen MR) is 270 cm³/mol. The first-order valence-electron chi connectivity index (χ1n) is 24.5. The minimum Gasteiger partial charge on any atom is -0.388 e. The molecule has 1 fully saturated rings. The van der Waals surface area contributed by atoms with Gasteiger partial charge in [0.15, 0.2) is 11.6 Å². The van der Waals surface area contributed by atoms with E-state index in [0.717, 1.165) is 17.1 Å². The lowest BCUT2D eigenvalue weighted by Crippen LogP contribution is -2.54. The van der Waals surface area contributed by atoms with E-state index in [4.69, 9.17) is 9.47 Å². The van der Waals surface area contributed by atoms with Crippen LogP contribution in [0.4, 0.5) is 0 Å². The van der Waals surface area contributed by atoms with Crippen LogP contribution in [0.25, 0.3) is 0 Å². The lowest BCUT2D eigenvalue weighted by molar-refractivity contribution is -0.149. The number of rotatable bonds is 29. The molecule has 3 rings (SSSR count). The van der Waals surface area contributed by atoms with Crippen molar-refractivity contribution in [2.45, 2.75) is 150 Å². The summed E-state index contributed by atoms with van der Waals surface area (Å²) < 4.78 is 12.1. The van der Waals surface area contributed by atoms with Crippen LogP contribution in [0.5, 0.6) is 0 Å². The molecule has 0 saturated carbocycles. The molecule has 11 atom stereocenters. The number of nitrogens with zero attached hydrogens (tertiary/aromatic N) is 3. The molecule has 0 aliphatic carbocycles. The van der Waals surface area contributed by atoms with Gasteiger partial charge in [0.1, 0.15) is 5.78 Å². The normalized spacial score (nSPS) is 19.5. The van der Waals surface area contributed by atoms with E-state index in [1.807, 2.05) is 91.1 Å². The number of thioether (sulfide) groups is 2. The van der Waals surface area contributed by atoms with E-state index in [9.17, 15) is 38.7 Å². The first-order valence-corrected chi connectivity index (χ1v) is 26.6. The molecular weight excluding hydrogens is 905 g/mol. The highest BCUT2D eigenvalue weighted by molar-refractivity contribution is 8.22. The minimum atomic E-state index is -0.814. The second-order valence-electron chi connectivity index (χ2n) is 19.8. The summed E-state index contributed by atoms with van der Waals surface area (Å²) in [4.78, 5) is 101. The maximum absolute atomic E-state index is 14.7. The number of benzene rings is 1. The molecule has 14 nitrogen and oxygen atoms in total. The molecule has 2 aliphatic heterocycles. The van der Waals surface area contributed by atoms with E-state index in [1.54, 1.807) is 56.8 Å². The maximum atomic E-state index is 14.7. The Bertz CT molecular complexity index is 1880. The van der Waals surface area contributed by atoms with E-state index in [2.05, 4.69) is 5.32 Å². The summed E-state index contributed by atoms with van der Waals surface area (Å²) in [6.45, 7) is 17.5. The van der Waals surface area contributed by atoms with Gasteiger partial charge in [-0.2, -0.15) is 0 Å². The van der Waals surface area contributed by atoms with Crippen LogP contribution in [0.15, 0.2) is 40.6 Å². The zero-order valence-electron chi connectivity index (χ0n) is 43.0. The molecule has 0 spiro atoms. The van der Waals surface area contributed by atoms with Crippen LogP contribution in [-0.4, -0.2) is 138 Å². The Balaban J connectivity index is 1.70. The molecule has 2 N–H and O–H groups in total. The standard InChI is InChI=1S/C52H82N4O10S2/c1-14-33(6)48(43(65-12)28-46(61)56-24-18-21-39(56)50(66-13)36(9)40(57)25-34(7)49(62)37-19-16-15-17-20-37)55(11)52(64)38(31(2)3)27-42(59)47(32(4)5)54(10)45(60)22-23-53-51(63)35(8)26-41(58)44-29-67-30-68-44/h15-17,19-20,29,31-36,38-39,43,47-50,62H,14,18,21-28,30H2,1-13H3,(H,53,63)/t33?,34-,35?,36-,38-,39-,43?,47-,48-,49+,50+/m0/s1. The Labute approximate surface area is 415 Å². The van der Waals surface area contributed by atoms with Crippen molar-refractivity contribution in [2.24, 2.45) is 41.4 Å². The smallest absolute Gasteiger partial charge is 0.226 e. The molecule has 0 bridgehead atoms. The molecule has 382 valence electrons. The number of aliphatic hydroxyl groups excluding tert-OH is 1. The zero-order valence-corrected chi connectivity index (χ0v) is 44.7. The number of likely N-dealkylation sites (N-methyl/N-ethyl adjacent to an activating group) is 2. The summed E-state index contributed by atoms with van der Waals surface area (Å²) in [6.07, 6.45) is 0.125. The van der Waals surface area contributed by atoms with E-state index in [-0.39, 0.29) is 109 Å². The number of carbonyl (C=O) groups excluding carboxylic acids is 7. The number of methoxy groups -OCH3 is 2. The first-order chi connectivity index (χ1) is 32.1. The van der Waals surface area contributed by atoms with Crippen molar-refractivity contribution < 1.29 is 48.1 Å². The summed E-state index contributed by atoms with van der Waals surface area (Å²) in [5.41, 5.74) is 0.752. The van der Waals surface area contributed by atoms with Gasteiger partial charge in [-0.1, -0.05) is 99.1 Å². The van der Waals surface area contributed by atoms with Gasteiger partial charge in [0.25, 0.3) is 0 Å². The summed E-state index contributed by atoms with van der Waals surface area (Å²) in [5, 5.41) is 16.3. The molecule has 16 heteroatoms. The van der Waals surface area contributed by atoms with Crippen molar-refractivity contribution in [1.29, 1.82) is 0 Å². The van der Waals surface area contributed by atoms with Gasteiger partial charge in [0.05, 0.1) is 47.8 Å². The number of ether oxygens (including phenoxy) is 2. The third-order valence-electron chi connectivity index (χ3n) is 14.2. The molecule has 1 aromatic rings. The highest BCUT2D eigenvalue weighted by Crippen LogP contribution is 2.35. The highest BCUT2D eigenvalue weighted by Gasteiger charge is 2.44. The third-order valence-corrected chi connectivity index (χ3v) is 16.4. The van der Waals surface area contributed by atoms with Crippen LogP contribution in [0, 0.1) is 41.4 Å². The Morgan fingerprint density at radius 1 is 0.838 bits per heavy atom. The van der Waals surface area contributed by atoms with Crippen LogP contribution in [0.1, 0.15) is 125 Å². The SMILES string of the molecule is CCC(C)[C@@H](C(CC(=O)N1CCC[C@H]1[C@H](OC)[C@@H](C)C(=O)C[C@H](C)[C@@H](O)c1ccccc1)OC)N(C)C(=O)[C@@H](CC(=O)[C@H](C(C)C)N(C)C(=O)CCNC(=O)C(C)CC(=O)C1=CSCS1)C(C)C. The average molecular weight is 987 g/mol. The predicted octanol–water partition coefficient (Wildman–Crippen LogP) is 7.33. The van der Waals surface area contributed by atoms with E-state index in [0.29, 0.717) is 24.3 Å². The number of ketones is 3. The Morgan fingerprint density at radius 3 is 2.06 bits per heavy atom. The summed E-state index contributed by atoms with van der Waals surface area (Å²) in [6, 6.07) is 7.60. The number of hydrogen-bond donors (Lipinski definition) is 2. The number of amides is 4. The summed E-state index contributed by atoms with van der Waals surface area (Å²) >= 11 is 3.03. The van der Waals surface area contributed by atoms with E-state index >= 15 is 0 Å². The fraction of sp³-hybridized carbons (Fsp3) is 0.712. The van der Waals surface area contributed by atoms with Crippen molar-refractivity contribution in [3.8, 4) is 0 Å². The van der Waals surface area contributed by atoms with Gasteiger partial charge in [0, 0.05) is 89.9 Å². The molecule has 0 radical (unpaired) electrons. The van der Waals surface area contributed by atoms with Gasteiger partial charge >= 0.3 is 0 Å². The van der Waals surface area contributed by atoms with Crippen molar-refractivity contribution in [2.75, 3.05) is 46.5 Å². The second kappa shape index (κ2) is 28.3. The molecule has 1 aromatic carbocycles. The fourth-order valence-electron chi connectivity index (χ4n) is 9.83. The zero-order chi connectivity index (χ0) is 51.0. The van der Waals surface area contributed by atoms with Gasteiger partial charge in [-0.05, 0) is 47.5 Å². The largest absolute Gasteiger partial charge is 0.388 e. The van der Waals surface area contributed by atoms with Crippen LogP contribution in [-0.2, 0) is 43.0 Å². The molecule has 68 heavy (non-hydrogen) atoms. The quantitative estimate of drug-likeness (QED) is 0.0818. The number of allylic oxidation sites excluding steroid dienone is 1. The van der Waals surface area contributed by atoms with Gasteiger partial charge in [0.2, 0.25) is 23.6 Å². The number of Topliss-reactive ketones (excluding diaryl/α,β-unsaturated/α-hetero) is 3. The minimum absolute atomic E-state index is 0.0134. The molecule has 1 saturated heterocycles. The van der Waals surface area contributed by atoms with Gasteiger partial charge in [-0.3, -0.25) is 33.6 Å². The van der Waals surface area contributed by atoms with Gasteiger partial charge < -0.3 is 34.6 Å². The Morgan fingerprint density at radius 2 is 1.50 bits per heavy atom. The summed E-state index contributed by atoms with van der Waals surface area (Å²) in [5.74, 6) is -4.15. The van der Waals surface area contributed by atoms with Gasteiger partial charge in [-0.15, -0.1) is 23.5 Å². The maximum Gasteiger partial charge on any atom is 0.226 e. The Hall–Kier alpha value is -3.57. The summed E-state index contributed by atoms with van der Waals surface area (Å²) in [7, 11) is 6.40. The second-order valence-corrected chi connectivity index (χ2v) is 22.0. The number of carbonyl (C=O) groups is 7. The molecule has 4 amide bonds. The molecule has 2 heterocycles. The van der Waals surface area contributed by atoms with Gasteiger partial charge in [-0.25, -0.2) is 0 Å². The van der Waals surface area contributed by atoms with Crippen molar-refractivity contribution in [3.63, 3.8) is 0 Å². The molecule has 0 aromatic heterocycles. The van der Waals surface area contributed by atoms with Crippen LogP contribution < -0.4 is 5.32 Å². The monoisotopic (exact) mass is 987 g/mol. The van der Waals surface area contributed by atoms with Crippen molar-refractivity contribution in [3.05, 3.63) is 46.2 Å². The lowest BCUT2D eigenvalue weighted by Gasteiger charge is -2.41. The number of likely N-dealkylation sites (tertiary alicyclic amines) is 1. The third kappa shape index (κ3) is 16.0. The fourth-order valence-corrected chi connectivity index (χ4v) is 11.9. The number of nitrogens with one attached hydrogen (secondary N) is 1. The Kier molecular flexibility index (Phi) is 24.5. The highest BCUT2D eigenvalue weighted by atomic mass is 32.2. The first kappa shape index (κ1) is 58.7. The van der Waals surface area contributed by atoms with Crippen LogP contribution >= 0.6 is 23.5 Å². The molecule has 2 aliphatic rings. The van der Waals surface area contributed by atoms with Crippen molar-refractivity contribution >= 4 is 64.5 Å². The molecular formula is C52H82N4O10S2. The topological polar surface area (TPSA) is 180 Å². The van der Waals surface area contributed by atoms with E-state index < -0.39 is 48.1 Å². The lowest BCUT2D eigenvalue weighted by atomic mass is 9.83. The average Bonchev–Trinajstić information content (AvgIpc) is 4.04. The van der Waals surface area contributed by atoms with E-state index in [1.165, 1.54) is 16.7 Å².